The molecule has 2 N–H and O–H groups in total. The number of para-hydroxylation sites is 1. The molecule has 5 nitrogen and oxygen atoms in total. The Morgan fingerprint density at radius 3 is 2.44 bits per heavy atom. The molecule has 3 aromatic carbocycles. The van der Waals surface area contributed by atoms with E-state index in [-0.39, 0.29) is 0 Å². The van der Waals surface area contributed by atoms with Crippen LogP contribution in [-0.2, 0) is 5.75 Å². The predicted octanol–water partition coefficient (Wildman–Crippen LogP) is 7.58. The van der Waals surface area contributed by atoms with Crippen molar-refractivity contribution in [3.8, 4) is 11.8 Å². The molecule has 0 spiro atoms. The maximum Gasteiger partial charge on any atom is 0.324 e. The van der Waals surface area contributed by atoms with Gasteiger partial charge in [-0.2, -0.15) is 5.26 Å². The number of nitriles is 1. The number of rotatable bonds is 6. The molecule has 0 saturated carbocycles. The molecule has 36 heavy (non-hydrogen) atoms. The zero-order chi connectivity index (χ0) is 25.8. The van der Waals surface area contributed by atoms with Crippen molar-refractivity contribution in [2.24, 2.45) is 5.73 Å². The molecule has 1 unspecified atom stereocenters. The minimum absolute atomic E-state index is 0.366. The van der Waals surface area contributed by atoms with Crippen molar-refractivity contribution in [2.75, 3.05) is 7.11 Å². The maximum absolute atomic E-state index is 12.8. The molecule has 4 rings (SSSR count). The summed E-state index contributed by atoms with van der Waals surface area (Å²) in [6.07, 6.45) is 0. The van der Waals surface area contributed by atoms with Crippen LogP contribution in [0.4, 0.5) is 4.79 Å². The zero-order valence-corrected chi connectivity index (χ0v) is 22.0. The first-order valence-corrected chi connectivity index (χ1v) is 12.8. The lowest BCUT2D eigenvalue weighted by atomic mass is 9.78. The number of amides is 2. The van der Waals surface area contributed by atoms with Crippen LogP contribution in [0.2, 0.25) is 10.0 Å². The highest BCUT2D eigenvalue weighted by molar-refractivity contribution is 8.02. The van der Waals surface area contributed by atoms with E-state index in [0.717, 1.165) is 11.1 Å². The van der Waals surface area contributed by atoms with Crippen molar-refractivity contribution in [1.29, 1.82) is 5.26 Å². The van der Waals surface area contributed by atoms with Crippen molar-refractivity contribution in [2.45, 2.75) is 18.6 Å². The normalized spacial score (nSPS) is 15.6. The van der Waals surface area contributed by atoms with Gasteiger partial charge < -0.3 is 10.5 Å². The van der Waals surface area contributed by atoms with Gasteiger partial charge in [0.25, 0.3) is 0 Å². The summed E-state index contributed by atoms with van der Waals surface area (Å²) in [5, 5.41) is 11.9. The number of urea groups is 1. The Kier molecular flexibility index (Phi) is 7.95. The Morgan fingerprint density at radius 2 is 1.81 bits per heavy atom. The van der Waals surface area contributed by atoms with Gasteiger partial charge in [0.15, 0.2) is 0 Å². The fourth-order valence-electron chi connectivity index (χ4n) is 4.38. The van der Waals surface area contributed by atoms with E-state index in [0.29, 0.717) is 49.0 Å². The second kappa shape index (κ2) is 11.1. The second-order valence-electron chi connectivity index (χ2n) is 8.08. The van der Waals surface area contributed by atoms with Crippen molar-refractivity contribution in [3.05, 3.63) is 116 Å². The van der Waals surface area contributed by atoms with Crippen molar-refractivity contribution in [1.82, 2.24) is 4.90 Å². The van der Waals surface area contributed by atoms with Crippen molar-refractivity contribution < 1.29 is 9.53 Å². The zero-order valence-electron chi connectivity index (χ0n) is 19.7. The smallest absolute Gasteiger partial charge is 0.324 e. The molecular formula is C28H23Cl2N3O2S. The van der Waals surface area contributed by atoms with Gasteiger partial charge in [-0.25, -0.2) is 4.79 Å². The molecule has 0 aliphatic carbocycles. The Bertz CT molecular complexity index is 1410. The second-order valence-corrected chi connectivity index (χ2v) is 9.88. The van der Waals surface area contributed by atoms with Crippen molar-refractivity contribution >= 4 is 46.6 Å². The molecule has 1 atom stereocenters. The number of hydrogen-bond acceptors (Lipinski definition) is 4. The lowest BCUT2D eigenvalue weighted by Crippen LogP contribution is -2.37. The van der Waals surface area contributed by atoms with Crippen LogP contribution in [0, 0.1) is 11.3 Å². The van der Waals surface area contributed by atoms with Crippen molar-refractivity contribution in [3.63, 3.8) is 0 Å². The van der Waals surface area contributed by atoms with Crippen LogP contribution in [0.15, 0.2) is 89.1 Å². The Balaban J connectivity index is 1.99. The fraction of sp³-hybridized carbons (Fsp3) is 0.143. The van der Waals surface area contributed by atoms with Gasteiger partial charge in [0.2, 0.25) is 0 Å². The van der Waals surface area contributed by atoms with E-state index >= 15 is 0 Å². The van der Waals surface area contributed by atoms with Gasteiger partial charge in [-0.1, -0.05) is 77.8 Å². The molecule has 0 radical (unpaired) electrons. The third kappa shape index (κ3) is 4.96. The summed E-state index contributed by atoms with van der Waals surface area (Å²) >= 11 is 14.3. The quantitative estimate of drug-likeness (QED) is 0.352. The summed E-state index contributed by atoms with van der Waals surface area (Å²) in [6.45, 7) is 1.82. The van der Waals surface area contributed by atoms with Gasteiger partial charge in [-0.3, -0.25) is 4.90 Å². The number of carbonyl (C=O) groups excluding carboxylic acids is 1. The summed E-state index contributed by atoms with van der Waals surface area (Å²) in [4.78, 5) is 14.2. The molecule has 0 aromatic heterocycles. The number of carbonyl (C=O) groups is 1. The first-order valence-electron chi connectivity index (χ1n) is 11.1. The largest absolute Gasteiger partial charge is 0.496 e. The number of allylic oxidation sites excluding steroid dienone is 3. The molecular weight excluding hydrogens is 513 g/mol. The maximum atomic E-state index is 12.8. The summed E-state index contributed by atoms with van der Waals surface area (Å²) in [5.41, 5.74) is 10.0. The van der Waals surface area contributed by atoms with Gasteiger partial charge in [0, 0.05) is 27.1 Å². The van der Waals surface area contributed by atoms with E-state index in [1.165, 1.54) is 16.7 Å². The van der Waals surface area contributed by atoms with Gasteiger partial charge in [0.05, 0.1) is 29.7 Å². The Labute approximate surface area is 224 Å². The summed E-state index contributed by atoms with van der Waals surface area (Å²) < 4.78 is 5.65. The number of nitrogens with zero attached hydrogens (tertiary/aromatic N) is 2. The fourth-order valence-corrected chi connectivity index (χ4v) is 6.07. The molecule has 1 aliphatic rings. The number of primary amides is 1. The van der Waals surface area contributed by atoms with Crippen LogP contribution in [0.3, 0.4) is 0 Å². The van der Waals surface area contributed by atoms with E-state index in [2.05, 4.69) is 6.07 Å². The molecule has 182 valence electrons. The third-order valence-corrected chi connectivity index (χ3v) is 7.68. The molecule has 0 fully saturated rings. The first-order chi connectivity index (χ1) is 17.4. The van der Waals surface area contributed by atoms with Gasteiger partial charge in [0.1, 0.15) is 5.75 Å². The van der Waals surface area contributed by atoms with E-state index in [1.54, 1.807) is 19.2 Å². The number of benzene rings is 3. The van der Waals surface area contributed by atoms with Gasteiger partial charge in [-0.15, -0.1) is 11.8 Å². The Hall–Kier alpha value is -3.37. The Morgan fingerprint density at radius 1 is 1.11 bits per heavy atom. The summed E-state index contributed by atoms with van der Waals surface area (Å²) in [6, 6.07) is 24.2. The molecule has 8 heteroatoms. The average Bonchev–Trinajstić information content (AvgIpc) is 2.87. The SMILES string of the molecule is COc1ccccc1C1=C(C)N(C(N)=O)C(SCc2ccccc2)=C(C#N)C1c1ccc(Cl)cc1Cl. The van der Waals surface area contributed by atoms with Crippen LogP contribution in [0.25, 0.3) is 5.57 Å². The minimum atomic E-state index is -0.677. The lowest BCUT2D eigenvalue weighted by molar-refractivity contribution is 0.231. The van der Waals surface area contributed by atoms with Crippen LogP contribution < -0.4 is 10.5 Å². The van der Waals surface area contributed by atoms with E-state index in [9.17, 15) is 10.1 Å². The predicted molar refractivity (Wildman–Crippen MR) is 147 cm³/mol. The number of thioether (sulfide) groups is 1. The highest BCUT2D eigenvalue weighted by atomic mass is 35.5. The third-order valence-electron chi connectivity index (χ3n) is 5.97. The van der Waals surface area contributed by atoms with E-state index in [1.807, 2.05) is 67.6 Å². The molecule has 0 bridgehead atoms. The van der Waals surface area contributed by atoms with E-state index < -0.39 is 11.9 Å². The topological polar surface area (TPSA) is 79.3 Å². The minimum Gasteiger partial charge on any atom is -0.496 e. The number of halogens is 2. The average molecular weight is 536 g/mol. The number of methoxy groups -OCH3 is 1. The van der Waals surface area contributed by atoms with Crippen LogP contribution in [0.5, 0.6) is 5.75 Å². The lowest BCUT2D eigenvalue weighted by Gasteiger charge is -2.37. The van der Waals surface area contributed by atoms with Crippen LogP contribution in [0.1, 0.15) is 29.5 Å². The van der Waals surface area contributed by atoms with Crippen LogP contribution >= 0.6 is 35.0 Å². The monoisotopic (exact) mass is 535 g/mol. The van der Waals surface area contributed by atoms with Gasteiger partial charge in [-0.05, 0) is 41.8 Å². The molecule has 2 amide bonds. The molecule has 3 aromatic rings. The number of nitrogens with two attached hydrogens (primary N) is 1. The van der Waals surface area contributed by atoms with Crippen LogP contribution in [-0.4, -0.2) is 18.0 Å². The molecule has 1 heterocycles. The standard InChI is InChI=1S/C28H23Cl2N3O2S/c1-17-25(21-10-6-7-11-24(21)35-2)26(20-13-12-19(29)14-23(20)30)22(15-31)27(33(17)28(32)34)36-16-18-8-4-3-5-9-18/h3-14,26H,16H2,1-2H3,(H2,32,34). The summed E-state index contributed by atoms with van der Waals surface area (Å²) in [7, 11) is 1.58. The number of hydrogen-bond donors (Lipinski definition) is 1. The molecule has 0 saturated heterocycles. The highest BCUT2D eigenvalue weighted by Gasteiger charge is 2.39. The highest BCUT2D eigenvalue weighted by Crippen LogP contribution is 2.52. The first kappa shape index (κ1) is 25.7. The summed E-state index contributed by atoms with van der Waals surface area (Å²) in [5.74, 6) is 0.567. The number of ether oxygens (including phenoxy) is 1. The van der Waals surface area contributed by atoms with Gasteiger partial charge >= 0.3 is 6.03 Å². The van der Waals surface area contributed by atoms with E-state index in [4.69, 9.17) is 33.7 Å². The molecule has 1 aliphatic heterocycles.